The maximum Gasteiger partial charge on any atom is 0.0662 e. The van der Waals surface area contributed by atoms with Crippen LogP contribution in [0.1, 0.15) is 17.7 Å². The highest BCUT2D eigenvalue weighted by Crippen LogP contribution is 2.22. The molecule has 15 heavy (non-hydrogen) atoms. The molecule has 2 nitrogen and oxygen atoms in total. The maximum absolute atomic E-state index is 4.42. The fourth-order valence-corrected chi connectivity index (χ4v) is 1.79. The lowest BCUT2D eigenvalue weighted by Crippen LogP contribution is -2.20. The van der Waals surface area contributed by atoms with Gasteiger partial charge in [0, 0.05) is 17.2 Å². The lowest BCUT2D eigenvalue weighted by Gasteiger charge is -2.13. The monoisotopic (exact) mass is 288 g/mol. The molecule has 1 aliphatic rings. The first-order chi connectivity index (χ1) is 6.77. The van der Waals surface area contributed by atoms with Crippen LogP contribution in [-0.2, 0) is 0 Å². The van der Waals surface area contributed by atoms with E-state index in [0.29, 0.717) is 0 Å². The van der Waals surface area contributed by atoms with Gasteiger partial charge in [-0.25, -0.2) is 0 Å². The van der Waals surface area contributed by atoms with E-state index in [1.54, 1.807) is 0 Å². The maximum atomic E-state index is 4.42. The summed E-state index contributed by atoms with van der Waals surface area (Å²) in [5, 5.41) is 3.30. The smallest absolute Gasteiger partial charge is 0.0662 e. The highest BCUT2D eigenvalue weighted by atomic mass is 79.9. The van der Waals surface area contributed by atoms with Crippen LogP contribution < -0.4 is 5.32 Å². The molecular formula is C11H14BrClN2. The minimum atomic E-state index is 0. The molecule has 0 bridgehead atoms. The summed E-state index contributed by atoms with van der Waals surface area (Å²) in [7, 11) is 0. The van der Waals surface area contributed by atoms with Crippen molar-refractivity contribution in [3.8, 4) is 0 Å². The summed E-state index contributed by atoms with van der Waals surface area (Å²) in [5.41, 5.74) is 3.72. The minimum Gasteiger partial charge on any atom is -0.313 e. The average Bonchev–Trinajstić information content (AvgIpc) is 2.23. The van der Waals surface area contributed by atoms with Gasteiger partial charge in [0.2, 0.25) is 0 Å². The molecule has 4 heteroatoms. The third kappa shape index (κ3) is 3.03. The van der Waals surface area contributed by atoms with Crippen molar-refractivity contribution in [3.63, 3.8) is 0 Å². The third-order valence-electron chi connectivity index (χ3n) is 2.44. The van der Waals surface area contributed by atoms with Gasteiger partial charge >= 0.3 is 0 Å². The molecule has 1 aromatic rings. The Balaban J connectivity index is 0.00000112. The van der Waals surface area contributed by atoms with Gasteiger partial charge in [-0.05, 0) is 53.0 Å². The Morgan fingerprint density at radius 1 is 1.47 bits per heavy atom. The van der Waals surface area contributed by atoms with E-state index in [2.05, 4.69) is 45.3 Å². The number of halogens is 2. The molecule has 0 aliphatic carbocycles. The molecule has 1 N–H and O–H groups in total. The first kappa shape index (κ1) is 12.7. The molecule has 0 saturated heterocycles. The van der Waals surface area contributed by atoms with Gasteiger partial charge in [-0.15, -0.1) is 12.4 Å². The zero-order valence-corrected chi connectivity index (χ0v) is 11.0. The molecular weight excluding hydrogens is 275 g/mol. The Morgan fingerprint density at radius 2 is 2.27 bits per heavy atom. The molecule has 0 saturated carbocycles. The predicted molar refractivity (Wildman–Crippen MR) is 69.4 cm³/mol. The van der Waals surface area contributed by atoms with Crippen LogP contribution in [0.25, 0.3) is 5.57 Å². The second-order valence-electron chi connectivity index (χ2n) is 3.50. The average molecular weight is 290 g/mol. The number of nitrogens with zero attached hydrogens (tertiary/aromatic N) is 1. The van der Waals surface area contributed by atoms with Crippen LogP contribution in [0, 0.1) is 6.92 Å². The van der Waals surface area contributed by atoms with Crippen molar-refractivity contribution in [2.75, 3.05) is 13.1 Å². The summed E-state index contributed by atoms with van der Waals surface area (Å²) in [6.07, 6.45) is 5.18. The zero-order chi connectivity index (χ0) is 9.97. The van der Waals surface area contributed by atoms with Crippen molar-refractivity contribution in [1.29, 1.82) is 0 Å². The van der Waals surface area contributed by atoms with Gasteiger partial charge in [0.05, 0.1) is 5.69 Å². The van der Waals surface area contributed by atoms with Gasteiger partial charge in [-0.3, -0.25) is 4.98 Å². The van der Waals surface area contributed by atoms with Crippen LogP contribution in [0.2, 0.25) is 0 Å². The number of aryl methyl sites for hydroxylation is 1. The summed E-state index contributed by atoms with van der Waals surface area (Å²) in [5.74, 6) is 0. The Morgan fingerprint density at radius 3 is 2.87 bits per heavy atom. The van der Waals surface area contributed by atoms with Gasteiger partial charge in [-0.1, -0.05) is 6.08 Å². The molecule has 82 valence electrons. The first-order valence-corrected chi connectivity index (χ1v) is 5.59. The topological polar surface area (TPSA) is 24.9 Å². The van der Waals surface area contributed by atoms with Crippen molar-refractivity contribution in [2.24, 2.45) is 0 Å². The second-order valence-corrected chi connectivity index (χ2v) is 4.36. The van der Waals surface area contributed by atoms with Crippen molar-refractivity contribution in [2.45, 2.75) is 13.3 Å². The number of pyridine rings is 1. The molecule has 0 aromatic carbocycles. The van der Waals surface area contributed by atoms with E-state index in [9.17, 15) is 0 Å². The second kappa shape index (κ2) is 5.64. The normalized spacial score (nSPS) is 15.5. The van der Waals surface area contributed by atoms with Gasteiger partial charge < -0.3 is 5.32 Å². The van der Waals surface area contributed by atoms with Gasteiger partial charge in [0.15, 0.2) is 0 Å². The van der Waals surface area contributed by atoms with E-state index in [1.807, 2.05) is 6.20 Å². The van der Waals surface area contributed by atoms with E-state index in [4.69, 9.17) is 0 Å². The van der Waals surface area contributed by atoms with Crippen LogP contribution >= 0.6 is 28.3 Å². The number of nitrogens with one attached hydrogen (secondary N) is 1. The summed E-state index contributed by atoms with van der Waals surface area (Å²) in [6, 6.07) is 2.14. The molecule has 2 rings (SSSR count). The summed E-state index contributed by atoms with van der Waals surface area (Å²) in [4.78, 5) is 4.42. The van der Waals surface area contributed by atoms with Crippen LogP contribution in [0.3, 0.4) is 0 Å². The molecule has 1 aliphatic heterocycles. The molecule has 0 radical (unpaired) electrons. The molecule has 0 amide bonds. The van der Waals surface area contributed by atoms with Crippen LogP contribution in [-0.4, -0.2) is 18.1 Å². The Bertz CT molecular complexity index is 377. The van der Waals surface area contributed by atoms with E-state index in [1.165, 1.54) is 11.1 Å². The molecule has 0 unspecified atom stereocenters. The molecule has 1 aromatic heterocycles. The fourth-order valence-electron chi connectivity index (χ4n) is 1.57. The van der Waals surface area contributed by atoms with E-state index in [0.717, 1.165) is 29.7 Å². The third-order valence-corrected chi connectivity index (χ3v) is 3.27. The van der Waals surface area contributed by atoms with Gasteiger partial charge in [0.1, 0.15) is 0 Å². The summed E-state index contributed by atoms with van der Waals surface area (Å²) >= 11 is 3.46. The van der Waals surface area contributed by atoms with E-state index < -0.39 is 0 Å². The fraction of sp³-hybridized carbons (Fsp3) is 0.364. The quantitative estimate of drug-likeness (QED) is 0.860. The van der Waals surface area contributed by atoms with Gasteiger partial charge in [-0.2, -0.15) is 0 Å². The van der Waals surface area contributed by atoms with Crippen molar-refractivity contribution >= 4 is 33.9 Å². The van der Waals surface area contributed by atoms with E-state index >= 15 is 0 Å². The van der Waals surface area contributed by atoms with Crippen LogP contribution in [0.4, 0.5) is 0 Å². The first-order valence-electron chi connectivity index (χ1n) is 4.79. The van der Waals surface area contributed by atoms with E-state index in [-0.39, 0.29) is 12.4 Å². The lowest BCUT2D eigenvalue weighted by molar-refractivity contribution is 0.736. The number of hydrogen-bond donors (Lipinski definition) is 1. The van der Waals surface area contributed by atoms with Crippen molar-refractivity contribution in [3.05, 3.63) is 34.1 Å². The summed E-state index contributed by atoms with van der Waals surface area (Å²) in [6.45, 7) is 4.12. The molecule has 0 spiro atoms. The predicted octanol–water partition coefficient (Wildman–Crippen LogP) is 2.95. The minimum absolute atomic E-state index is 0. The molecule has 2 heterocycles. The lowest BCUT2D eigenvalue weighted by atomic mass is 10.0. The highest BCUT2D eigenvalue weighted by Gasteiger charge is 2.07. The van der Waals surface area contributed by atoms with Crippen molar-refractivity contribution < 1.29 is 0 Å². The number of hydrogen-bond acceptors (Lipinski definition) is 2. The van der Waals surface area contributed by atoms with Crippen LogP contribution in [0.5, 0.6) is 0 Å². The van der Waals surface area contributed by atoms with Crippen molar-refractivity contribution in [1.82, 2.24) is 10.3 Å². The number of rotatable bonds is 1. The molecule has 0 fully saturated rings. The van der Waals surface area contributed by atoms with Crippen LogP contribution in [0.15, 0.2) is 22.8 Å². The largest absolute Gasteiger partial charge is 0.313 e. The SMILES string of the molecule is Cc1cc(C2=CCNCC2)ncc1Br.Cl. The summed E-state index contributed by atoms with van der Waals surface area (Å²) < 4.78 is 1.08. The molecule has 0 atom stereocenters. The standard InChI is InChI=1S/C11H13BrN2.ClH/c1-8-6-11(14-7-10(8)12)9-2-4-13-5-3-9;/h2,6-7,13H,3-5H2,1H3;1H. The highest BCUT2D eigenvalue weighted by molar-refractivity contribution is 9.10. The Kier molecular flexibility index (Phi) is 4.77. The number of aromatic nitrogens is 1. The Labute approximate surface area is 105 Å². The Hall–Kier alpha value is -0.380. The van der Waals surface area contributed by atoms with Gasteiger partial charge in [0.25, 0.3) is 0 Å². The zero-order valence-electron chi connectivity index (χ0n) is 8.59.